The molecule has 0 saturated carbocycles. The maximum Gasteiger partial charge on any atom is 0.240 e. The van der Waals surface area contributed by atoms with Gasteiger partial charge in [-0.1, -0.05) is 0 Å². The van der Waals surface area contributed by atoms with Gasteiger partial charge in [0.15, 0.2) is 0 Å². The minimum Gasteiger partial charge on any atom is -0.479 e. The van der Waals surface area contributed by atoms with Crippen molar-refractivity contribution in [1.82, 2.24) is 9.97 Å². The summed E-state index contributed by atoms with van der Waals surface area (Å²) in [6.07, 6.45) is 3.85. The van der Waals surface area contributed by atoms with Crippen LogP contribution in [0, 0.1) is 0 Å². The zero-order valence-electron chi connectivity index (χ0n) is 12.7. The first-order chi connectivity index (χ1) is 11.6. The molecule has 0 saturated heterocycles. The minimum absolute atomic E-state index is 0.460. The number of rotatable bonds is 4. The van der Waals surface area contributed by atoms with Crippen LogP contribution in [0.2, 0.25) is 0 Å². The summed E-state index contributed by atoms with van der Waals surface area (Å²) >= 11 is 10.1. The van der Waals surface area contributed by atoms with Crippen LogP contribution < -0.4 is 20.2 Å². The van der Waals surface area contributed by atoms with Crippen molar-refractivity contribution < 1.29 is 9.47 Å². The largest absolute Gasteiger partial charge is 0.479 e. The maximum atomic E-state index is 5.41. The molecule has 0 radical (unpaired) electrons. The van der Waals surface area contributed by atoms with Gasteiger partial charge in [-0.05, 0) is 68.3 Å². The van der Waals surface area contributed by atoms with Crippen molar-refractivity contribution in [3.8, 4) is 11.8 Å². The van der Waals surface area contributed by atoms with Gasteiger partial charge in [-0.15, -0.1) is 22.7 Å². The highest BCUT2D eigenvalue weighted by molar-refractivity contribution is 9.11. The van der Waals surface area contributed by atoms with Gasteiger partial charge in [0, 0.05) is 9.75 Å². The molecule has 3 aromatic heterocycles. The zero-order valence-corrected chi connectivity index (χ0v) is 17.6. The second-order valence-electron chi connectivity index (χ2n) is 4.59. The van der Waals surface area contributed by atoms with Crippen LogP contribution in [0.25, 0.3) is 12.2 Å². The van der Waals surface area contributed by atoms with Crippen molar-refractivity contribution in [3.63, 3.8) is 0 Å². The standard InChI is InChI=1S/C16H12Br2N2O2S2/c1-21-15-11(7-9-3-5-13(17)23-9)20-16(22-2)12(19-15)8-10-4-6-14(18)24-10/h3-8H,1-2H3/b11-7-,12-8-. The first-order valence-corrected chi connectivity index (χ1v) is 10.0. The van der Waals surface area contributed by atoms with Crippen LogP contribution in [0.3, 0.4) is 0 Å². The molecule has 0 fully saturated rings. The van der Waals surface area contributed by atoms with Crippen molar-refractivity contribution in [3.05, 3.63) is 52.3 Å². The van der Waals surface area contributed by atoms with E-state index in [-0.39, 0.29) is 0 Å². The molecule has 0 atom stereocenters. The van der Waals surface area contributed by atoms with E-state index in [1.807, 2.05) is 36.4 Å². The molecule has 8 heteroatoms. The van der Waals surface area contributed by atoms with E-state index in [0.29, 0.717) is 22.5 Å². The summed E-state index contributed by atoms with van der Waals surface area (Å²) in [5.74, 6) is 0.921. The molecule has 0 aromatic carbocycles. The Labute approximate surface area is 163 Å². The lowest BCUT2D eigenvalue weighted by Gasteiger charge is -2.04. The number of methoxy groups -OCH3 is 2. The third kappa shape index (κ3) is 4.05. The first kappa shape index (κ1) is 17.6. The number of halogens is 2. The molecule has 3 rings (SSSR count). The van der Waals surface area contributed by atoms with Gasteiger partial charge < -0.3 is 9.47 Å². The van der Waals surface area contributed by atoms with Crippen molar-refractivity contribution >= 4 is 66.7 Å². The Morgan fingerprint density at radius 1 is 0.792 bits per heavy atom. The molecule has 24 heavy (non-hydrogen) atoms. The first-order valence-electron chi connectivity index (χ1n) is 6.79. The lowest BCUT2D eigenvalue weighted by molar-refractivity contribution is 0.366. The van der Waals surface area contributed by atoms with E-state index in [1.165, 1.54) is 0 Å². The van der Waals surface area contributed by atoms with Crippen LogP contribution in [-0.4, -0.2) is 24.2 Å². The fourth-order valence-corrected chi connectivity index (χ4v) is 4.72. The third-order valence-corrected chi connectivity index (χ3v) is 6.16. The molecule has 0 aliphatic heterocycles. The van der Waals surface area contributed by atoms with Crippen molar-refractivity contribution in [1.29, 1.82) is 0 Å². The molecule has 0 aliphatic rings. The Hall–Kier alpha value is -1.22. The number of ether oxygens (including phenoxy) is 2. The molecule has 4 nitrogen and oxygen atoms in total. The quantitative estimate of drug-likeness (QED) is 0.561. The van der Waals surface area contributed by atoms with Gasteiger partial charge in [-0.3, -0.25) is 0 Å². The Morgan fingerprint density at radius 3 is 1.50 bits per heavy atom. The molecule has 3 heterocycles. The lowest BCUT2D eigenvalue weighted by Crippen LogP contribution is -2.23. The lowest BCUT2D eigenvalue weighted by atomic mass is 10.4. The van der Waals surface area contributed by atoms with Crippen LogP contribution >= 0.6 is 54.5 Å². The molecule has 0 spiro atoms. The van der Waals surface area contributed by atoms with Gasteiger partial charge >= 0.3 is 0 Å². The van der Waals surface area contributed by atoms with Crippen molar-refractivity contribution in [2.24, 2.45) is 0 Å². The molecular formula is C16H12Br2N2O2S2. The normalized spacial score (nSPS) is 12.7. The molecule has 0 amide bonds. The summed E-state index contributed by atoms with van der Waals surface area (Å²) in [6, 6.07) is 7.99. The highest BCUT2D eigenvalue weighted by Crippen LogP contribution is 2.23. The number of thiophene rings is 2. The Morgan fingerprint density at radius 2 is 1.21 bits per heavy atom. The fourth-order valence-electron chi connectivity index (χ4n) is 2.00. The average Bonchev–Trinajstić information content (AvgIpc) is 3.16. The second-order valence-corrected chi connectivity index (χ2v) is 9.57. The number of nitrogens with zero attached hydrogens (tertiary/aromatic N) is 2. The van der Waals surface area contributed by atoms with Crippen LogP contribution in [0.5, 0.6) is 11.8 Å². The van der Waals surface area contributed by atoms with Gasteiger partial charge in [0.2, 0.25) is 11.8 Å². The van der Waals surface area contributed by atoms with Crippen LogP contribution in [0.4, 0.5) is 0 Å². The number of hydrogen-bond acceptors (Lipinski definition) is 6. The van der Waals surface area contributed by atoms with E-state index in [1.54, 1.807) is 36.9 Å². The van der Waals surface area contributed by atoms with E-state index < -0.39 is 0 Å². The molecular weight excluding hydrogens is 476 g/mol. The molecule has 0 N–H and O–H groups in total. The molecule has 3 aromatic rings. The zero-order chi connectivity index (χ0) is 17.1. The minimum atomic E-state index is 0.460. The number of hydrogen-bond donors (Lipinski definition) is 0. The Kier molecular flexibility index (Phi) is 5.70. The van der Waals surface area contributed by atoms with E-state index in [0.717, 1.165) is 17.3 Å². The van der Waals surface area contributed by atoms with E-state index in [4.69, 9.17) is 9.47 Å². The molecule has 0 bridgehead atoms. The number of aromatic nitrogens is 2. The SMILES string of the molecule is COc1n/c(=C\c2ccc(Br)s2)c(OC)n/c1=C\c1ccc(Br)s1. The Balaban J connectivity index is 2.16. The smallest absolute Gasteiger partial charge is 0.240 e. The van der Waals surface area contributed by atoms with Crippen LogP contribution in [0.1, 0.15) is 9.75 Å². The van der Waals surface area contributed by atoms with E-state index >= 15 is 0 Å². The summed E-state index contributed by atoms with van der Waals surface area (Å²) in [5, 5.41) is 1.27. The van der Waals surface area contributed by atoms with Crippen LogP contribution in [0.15, 0.2) is 31.8 Å². The summed E-state index contributed by atoms with van der Waals surface area (Å²) < 4.78 is 12.9. The topological polar surface area (TPSA) is 44.2 Å². The van der Waals surface area contributed by atoms with Gasteiger partial charge in [0.05, 0.1) is 21.8 Å². The highest BCUT2D eigenvalue weighted by atomic mass is 79.9. The Bertz CT molecular complexity index is 902. The molecule has 124 valence electrons. The maximum absolute atomic E-state index is 5.41. The van der Waals surface area contributed by atoms with Gasteiger partial charge in [-0.25, -0.2) is 9.97 Å². The third-order valence-electron chi connectivity index (χ3n) is 3.01. The molecule has 0 unspecified atom stereocenters. The average molecular weight is 488 g/mol. The fraction of sp³-hybridized carbons (Fsp3) is 0.125. The summed E-state index contributed by atoms with van der Waals surface area (Å²) in [4.78, 5) is 11.2. The van der Waals surface area contributed by atoms with E-state index in [9.17, 15) is 0 Å². The summed E-state index contributed by atoms with van der Waals surface area (Å²) in [7, 11) is 3.17. The monoisotopic (exact) mass is 486 g/mol. The predicted octanol–water partition coefficient (Wildman–Crippen LogP) is 3.80. The van der Waals surface area contributed by atoms with Crippen LogP contribution in [-0.2, 0) is 0 Å². The molecule has 0 aliphatic carbocycles. The van der Waals surface area contributed by atoms with Gasteiger partial charge in [-0.2, -0.15) is 0 Å². The second kappa shape index (κ2) is 7.77. The predicted molar refractivity (Wildman–Crippen MR) is 106 cm³/mol. The van der Waals surface area contributed by atoms with Crippen molar-refractivity contribution in [2.75, 3.05) is 14.2 Å². The van der Waals surface area contributed by atoms with Gasteiger partial charge in [0.25, 0.3) is 0 Å². The summed E-state index contributed by atoms with van der Waals surface area (Å²) in [5.41, 5.74) is 0. The summed E-state index contributed by atoms with van der Waals surface area (Å²) in [6.45, 7) is 0. The van der Waals surface area contributed by atoms with Gasteiger partial charge in [0.1, 0.15) is 10.7 Å². The van der Waals surface area contributed by atoms with Crippen molar-refractivity contribution in [2.45, 2.75) is 0 Å². The van der Waals surface area contributed by atoms with E-state index in [2.05, 4.69) is 41.8 Å². The highest BCUT2D eigenvalue weighted by Gasteiger charge is 2.07.